The van der Waals surface area contributed by atoms with Gasteiger partial charge in [-0.3, -0.25) is 0 Å². The summed E-state index contributed by atoms with van der Waals surface area (Å²) in [6, 6.07) is 11.1. The number of hydrogen-bond acceptors (Lipinski definition) is 2. The lowest BCUT2D eigenvalue weighted by Gasteiger charge is -2.10. The molecule has 5 heteroatoms. The molecule has 18 heavy (non-hydrogen) atoms. The second-order valence-corrected chi connectivity index (χ2v) is 5.45. The maximum absolute atomic E-state index is 5.92. The van der Waals surface area contributed by atoms with Gasteiger partial charge in [-0.05, 0) is 23.8 Å². The van der Waals surface area contributed by atoms with Gasteiger partial charge < -0.3 is 10.5 Å². The average molecular weight is 347 g/mol. The van der Waals surface area contributed by atoms with Crippen molar-refractivity contribution in [2.45, 2.75) is 6.61 Å². The van der Waals surface area contributed by atoms with Crippen LogP contribution in [0.15, 0.2) is 40.9 Å². The Labute approximate surface area is 124 Å². The molecule has 2 aromatic rings. The number of nitrogen functional groups attached to an aromatic ring is 1. The maximum atomic E-state index is 5.92. The van der Waals surface area contributed by atoms with Crippen LogP contribution in [-0.4, -0.2) is 0 Å². The highest BCUT2D eigenvalue weighted by atomic mass is 79.9. The fourth-order valence-electron chi connectivity index (χ4n) is 1.46. The average Bonchev–Trinajstić information content (AvgIpc) is 2.32. The molecule has 2 N–H and O–H groups in total. The molecule has 0 saturated heterocycles. The quantitative estimate of drug-likeness (QED) is 0.801. The Hall–Kier alpha value is -0.900. The summed E-state index contributed by atoms with van der Waals surface area (Å²) in [6.07, 6.45) is 0. The van der Waals surface area contributed by atoms with E-state index in [0.717, 1.165) is 10.0 Å². The van der Waals surface area contributed by atoms with Gasteiger partial charge in [-0.1, -0.05) is 51.3 Å². The molecule has 0 aromatic heterocycles. The van der Waals surface area contributed by atoms with Crippen LogP contribution in [0.2, 0.25) is 10.0 Å². The van der Waals surface area contributed by atoms with Crippen molar-refractivity contribution in [2.75, 3.05) is 5.73 Å². The Balaban J connectivity index is 2.13. The van der Waals surface area contributed by atoms with Crippen LogP contribution in [0, 0.1) is 0 Å². The standard InChI is InChI=1S/C13H10BrCl2NO/c14-9-3-1-2-8(4-9)7-18-13-6-11(16)10(15)5-12(13)17/h1-6H,7,17H2. The topological polar surface area (TPSA) is 35.2 Å². The number of anilines is 1. The first-order chi connectivity index (χ1) is 8.56. The molecule has 2 nitrogen and oxygen atoms in total. The molecule has 0 atom stereocenters. The van der Waals surface area contributed by atoms with E-state index >= 15 is 0 Å². The highest BCUT2D eigenvalue weighted by molar-refractivity contribution is 9.10. The molecule has 0 saturated carbocycles. The fraction of sp³-hybridized carbons (Fsp3) is 0.0769. The van der Waals surface area contributed by atoms with Gasteiger partial charge in [0, 0.05) is 10.5 Å². The predicted molar refractivity (Wildman–Crippen MR) is 79.3 cm³/mol. The molecule has 0 unspecified atom stereocenters. The molecule has 0 amide bonds. The second kappa shape index (κ2) is 5.83. The van der Waals surface area contributed by atoms with Gasteiger partial charge in [-0.2, -0.15) is 0 Å². The third kappa shape index (κ3) is 3.31. The van der Waals surface area contributed by atoms with Gasteiger partial charge in [0.25, 0.3) is 0 Å². The van der Waals surface area contributed by atoms with Crippen LogP contribution in [-0.2, 0) is 6.61 Å². The zero-order valence-electron chi connectivity index (χ0n) is 9.29. The predicted octanol–water partition coefficient (Wildman–Crippen LogP) is 4.92. The van der Waals surface area contributed by atoms with E-state index in [1.807, 2.05) is 24.3 Å². The largest absolute Gasteiger partial charge is 0.487 e. The molecule has 0 aliphatic carbocycles. The molecule has 2 rings (SSSR count). The highest BCUT2D eigenvalue weighted by Gasteiger charge is 2.06. The molecule has 0 heterocycles. The normalized spacial score (nSPS) is 10.4. The van der Waals surface area contributed by atoms with Crippen molar-refractivity contribution in [2.24, 2.45) is 0 Å². The van der Waals surface area contributed by atoms with Crippen molar-refractivity contribution in [1.29, 1.82) is 0 Å². The van der Waals surface area contributed by atoms with E-state index in [-0.39, 0.29) is 0 Å². The monoisotopic (exact) mass is 345 g/mol. The van der Waals surface area contributed by atoms with Gasteiger partial charge in [-0.25, -0.2) is 0 Å². The molecule has 0 radical (unpaired) electrons. The summed E-state index contributed by atoms with van der Waals surface area (Å²) in [5, 5.41) is 0.846. The van der Waals surface area contributed by atoms with Crippen LogP contribution in [0.1, 0.15) is 5.56 Å². The number of halogens is 3. The summed E-state index contributed by atoms with van der Waals surface area (Å²) in [6.45, 7) is 0.418. The van der Waals surface area contributed by atoms with Crippen molar-refractivity contribution >= 4 is 44.8 Å². The van der Waals surface area contributed by atoms with Crippen molar-refractivity contribution in [3.63, 3.8) is 0 Å². The van der Waals surface area contributed by atoms with E-state index in [1.54, 1.807) is 12.1 Å². The third-order valence-electron chi connectivity index (χ3n) is 2.34. The van der Waals surface area contributed by atoms with E-state index < -0.39 is 0 Å². The van der Waals surface area contributed by atoms with Crippen molar-refractivity contribution in [3.8, 4) is 5.75 Å². The van der Waals surface area contributed by atoms with E-state index in [1.165, 1.54) is 0 Å². The number of benzene rings is 2. The second-order valence-electron chi connectivity index (χ2n) is 3.72. The minimum atomic E-state index is 0.418. The number of nitrogens with two attached hydrogens (primary N) is 1. The van der Waals surface area contributed by atoms with E-state index in [4.69, 9.17) is 33.7 Å². The van der Waals surface area contributed by atoms with Crippen LogP contribution < -0.4 is 10.5 Å². The molecule has 0 aliphatic rings. The van der Waals surface area contributed by atoms with Crippen LogP contribution >= 0.6 is 39.1 Å². The van der Waals surface area contributed by atoms with Gasteiger partial charge in [-0.15, -0.1) is 0 Å². The first kappa shape index (κ1) is 13.5. The summed E-state index contributed by atoms with van der Waals surface area (Å²) in [7, 11) is 0. The van der Waals surface area contributed by atoms with Gasteiger partial charge >= 0.3 is 0 Å². The summed E-state index contributed by atoms with van der Waals surface area (Å²) in [5.74, 6) is 0.532. The summed E-state index contributed by atoms with van der Waals surface area (Å²) >= 11 is 15.2. The maximum Gasteiger partial charge on any atom is 0.144 e. The number of hydrogen-bond donors (Lipinski definition) is 1. The molecule has 0 spiro atoms. The van der Waals surface area contributed by atoms with E-state index in [2.05, 4.69) is 15.9 Å². The Morgan fingerprint density at radius 3 is 2.56 bits per heavy atom. The Kier molecular flexibility index (Phi) is 4.38. The minimum absolute atomic E-state index is 0.418. The number of rotatable bonds is 3. The number of ether oxygens (including phenoxy) is 1. The van der Waals surface area contributed by atoms with Gasteiger partial charge in [0.1, 0.15) is 12.4 Å². The zero-order valence-corrected chi connectivity index (χ0v) is 12.4. The molecule has 0 bridgehead atoms. The molecule has 0 aliphatic heterocycles. The Morgan fingerprint density at radius 1 is 1.11 bits per heavy atom. The fourth-order valence-corrected chi connectivity index (χ4v) is 2.23. The lowest BCUT2D eigenvalue weighted by Crippen LogP contribution is -1.99. The first-order valence-corrected chi connectivity index (χ1v) is 6.73. The minimum Gasteiger partial charge on any atom is -0.487 e. The molecular formula is C13H10BrCl2NO. The molecule has 0 fully saturated rings. The molecule has 94 valence electrons. The van der Waals surface area contributed by atoms with Crippen LogP contribution in [0.3, 0.4) is 0 Å². The van der Waals surface area contributed by atoms with E-state index in [9.17, 15) is 0 Å². The highest BCUT2D eigenvalue weighted by Crippen LogP contribution is 2.32. The van der Waals surface area contributed by atoms with Gasteiger partial charge in [0.05, 0.1) is 15.7 Å². The van der Waals surface area contributed by atoms with Gasteiger partial charge in [0.2, 0.25) is 0 Å². The van der Waals surface area contributed by atoms with Crippen LogP contribution in [0.4, 0.5) is 5.69 Å². The van der Waals surface area contributed by atoms with Gasteiger partial charge in [0.15, 0.2) is 0 Å². The van der Waals surface area contributed by atoms with Crippen molar-refractivity contribution in [3.05, 3.63) is 56.5 Å². The molecule has 2 aromatic carbocycles. The smallest absolute Gasteiger partial charge is 0.144 e. The Morgan fingerprint density at radius 2 is 1.83 bits per heavy atom. The zero-order chi connectivity index (χ0) is 13.1. The molecular weight excluding hydrogens is 337 g/mol. The SMILES string of the molecule is Nc1cc(Cl)c(Cl)cc1OCc1cccc(Br)c1. The Bertz CT molecular complexity index is 575. The van der Waals surface area contributed by atoms with Crippen LogP contribution in [0.5, 0.6) is 5.75 Å². The summed E-state index contributed by atoms with van der Waals surface area (Å²) in [4.78, 5) is 0. The van der Waals surface area contributed by atoms with Crippen LogP contribution in [0.25, 0.3) is 0 Å². The lowest BCUT2D eigenvalue weighted by molar-refractivity contribution is 0.308. The van der Waals surface area contributed by atoms with E-state index in [0.29, 0.717) is 28.1 Å². The first-order valence-electron chi connectivity index (χ1n) is 5.18. The summed E-state index contributed by atoms with van der Waals surface area (Å²) in [5.41, 5.74) is 7.32. The summed E-state index contributed by atoms with van der Waals surface area (Å²) < 4.78 is 6.63. The third-order valence-corrected chi connectivity index (χ3v) is 3.55. The lowest BCUT2D eigenvalue weighted by atomic mass is 10.2. The van der Waals surface area contributed by atoms with Crippen molar-refractivity contribution in [1.82, 2.24) is 0 Å². The van der Waals surface area contributed by atoms with Crippen molar-refractivity contribution < 1.29 is 4.74 Å².